The van der Waals surface area contributed by atoms with Gasteiger partial charge in [0, 0.05) is 0 Å². The van der Waals surface area contributed by atoms with E-state index >= 15 is 0 Å². The van der Waals surface area contributed by atoms with Gasteiger partial charge in [-0.3, -0.25) is 60.7 Å². The molecule has 0 atom stereocenters. The van der Waals surface area contributed by atoms with E-state index in [2.05, 4.69) is 9.47 Å². The maximum atomic E-state index is 10.7. The summed E-state index contributed by atoms with van der Waals surface area (Å²) in [6.07, 6.45) is 0. The minimum atomic E-state index is -4.25. The molecular weight excluding hydrogens is 439 g/mol. The van der Waals surface area contributed by atoms with E-state index in [1.165, 1.54) is 0 Å². The number of halogens is 2. The maximum Gasteiger partial charge on any atom is 0.723 e. The van der Waals surface area contributed by atoms with Crippen LogP contribution in [0, 0.1) is 60.7 Å². The second-order valence-electron chi connectivity index (χ2n) is 4.13. The molecule has 0 radical (unpaired) electrons. The quantitative estimate of drug-likeness (QED) is 0.153. The number of nitrogens with zero attached hydrogens (tertiary/aromatic N) is 6. The largest absolute Gasteiger partial charge is 0.723 e. The van der Waals surface area contributed by atoms with Crippen molar-refractivity contribution in [3.63, 3.8) is 0 Å². The van der Waals surface area contributed by atoms with E-state index in [1.54, 1.807) is 0 Å². The van der Waals surface area contributed by atoms with E-state index in [0.29, 0.717) is 0 Å². The van der Waals surface area contributed by atoms with Gasteiger partial charge in [0.05, 0.1) is 0 Å². The molecule has 20 nitrogen and oxygen atoms in total. The van der Waals surface area contributed by atoms with Gasteiger partial charge in [-0.1, -0.05) is 0 Å². The summed E-state index contributed by atoms with van der Waals surface area (Å²) in [5, 5.41) is 63.9. The third-order valence-corrected chi connectivity index (χ3v) is 3.06. The molecule has 0 unspecified atom stereocenters. The minimum Gasteiger partial charge on any atom is -0.301 e. The molecule has 27 heavy (non-hydrogen) atoms. The second kappa shape index (κ2) is 8.07. The highest BCUT2D eigenvalue weighted by Crippen LogP contribution is 2.29. The van der Waals surface area contributed by atoms with Crippen molar-refractivity contribution in [3.8, 4) is 0 Å². The van der Waals surface area contributed by atoms with Gasteiger partial charge in [0.2, 0.25) is 0 Å². The Labute approximate surface area is 153 Å². The third-order valence-electron chi connectivity index (χ3n) is 2.62. The molecule has 0 bridgehead atoms. The Morgan fingerprint density at radius 1 is 0.556 bits per heavy atom. The molecule has 0 aromatic carbocycles. The van der Waals surface area contributed by atoms with Crippen LogP contribution in [-0.2, 0) is 9.47 Å². The predicted octanol–water partition coefficient (Wildman–Crippen LogP) is -0.924. The fourth-order valence-electron chi connectivity index (χ4n) is 1.12. The number of rotatable bonds is 12. The number of hydrogen-bond acceptors (Lipinski definition) is 14. The van der Waals surface area contributed by atoms with Crippen molar-refractivity contribution in [2.75, 3.05) is 13.2 Å². The molecule has 0 aliphatic rings. The molecule has 0 aromatic heterocycles. The van der Waals surface area contributed by atoms with Gasteiger partial charge in [-0.2, -0.15) is 0 Å². The van der Waals surface area contributed by atoms with Gasteiger partial charge in [0.25, 0.3) is 13.2 Å². The molecule has 0 aliphatic heterocycles. The van der Waals surface area contributed by atoms with Gasteiger partial charge in [0.15, 0.2) is 29.5 Å². The van der Waals surface area contributed by atoms with Crippen LogP contribution in [0.15, 0.2) is 0 Å². The van der Waals surface area contributed by atoms with Crippen LogP contribution in [0.25, 0.3) is 0 Å². The Morgan fingerprint density at radius 2 is 0.741 bits per heavy atom. The standard InChI is InChI=1S/C5H4Cl2N6O14/c6-5(7,26-1-3(8(14)15,9(16)17)10(18)19)27-2-4(11(20)21,12(22)23)13(24)25/h1-2H2. The van der Waals surface area contributed by atoms with Crippen LogP contribution >= 0.6 is 23.2 Å². The van der Waals surface area contributed by atoms with Crippen molar-refractivity contribution in [1.82, 2.24) is 0 Å². The zero-order chi connectivity index (χ0) is 21.8. The Bertz CT molecular complexity index is 565. The molecule has 0 aliphatic carbocycles. The van der Waals surface area contributed by atoms with Crippen molar-refractivity contribution in [3.05, 3.63) is 60.7 Å². The molecule has 0 rings (SSSR count). The first kappa shape index (κ1) is 23.9. The zero-order valence-corrected chi connectivity index (χ0v) is 13.6. The molecule has 0 amide bonds. The van der Waals surface area contributed by atoms with Crippen LogP contribution in [0.3, 0.4) is 0 Å². The highest BCUT2D eigenvalue weighted by Gasteiger charge is 2.73. The van der Waals surface area contributed by atoms with Crippen LogP contribution < -0.4 is 0 Å². The lowest BCUT2D eigenvalue weighted by molar-refractivity contribution is -0.972. The molecule has 0 saturated heterocycles. The second-order valence-corrected chi connectivity index (χ2v) is 5.32. The van der Waals surface area contributed by atoms with Gasteiger partial charge in [-0.25, -0.2) is 0 Å². The lowest BCUT2D eigenvalue weighted by Gasteiger charge is -2.20. The van der Waals surface area contributed by atoms with Crippen molar-refractivity contribution in [2.45, 2.75) is 16.3 Å². The summed E-state index contributed by atoms with van der Waals surface area (Å²) in [7, 11) is 0. The van der Waals surface area contributed by atoms with E-state index in [4.69, 9.17) is 23.2 Å². The Hall–Kier alpha value is -3.10. The minimum absolute atomic E-state index is 2.01. The summed E-state index contributed by atoms with van der Waals surface area (Å²) in [5.41, 5.74) is 0. The molecule has 0 heterocycles. The number of ether oxygens (including phenoxy) is 2. The Kier molecular flexibility index (Phi) is 7.14. The van der Waals surface area contributed by atoms with E-state index in [-0.39, 0.29) is 0 Å². The third kappa shape index (κ3) is 4.55. The van der Waals surface area contributed by atoms with Crippen molar-refractivity contribution in [2.24, 2.45) is 0 Å². The highest BCUT2D eigenvalue weighted by atomic mass is 35.5. The predicted molar refractivity (Wildman–Crippen MR) is 73.8 cm³/mol. The smallest absolute Gasteiger partial charge is 0.301 e. The lowest BCUT2D eigenvalue weighted by atomic mass is 10.4. The first-order valence-electron chi connectivity index (χ1n) is 5.60. The number of alkyl halides is 2. The summed E-state index contributed by atoms with van der Waals surface area (Å²) in [4.78, 5) is 51.9. The molecule has 0 fully saturated rings. The van der Waals surface area contributed by atoms with Gasteiger partial charge in [-0.15, -0.1) is 0 Å². The molecule has 0 aromatic rings. The fourth-order valence-corrected chi connectivity index (χ4v) is 1.34. The zero-order valence-electron chi connectivity index (χ0n) is 12.1. The molecule has 0 saturated carbocycles. The normalized spacial score (nSPS) is 12.2. The van der Waals surface area contributed by atoms with Gasteiger partial charge in [-0.05, 0) is 23.2 Å². The molecule has 22 heteroatoms. The van der Waals surface area contributed by atoms with Crippen LogP contribution in [-0.4, -0.2) is 59.0 Å². The SMILES string of the molecule is O=[N+]([O-])C(COC(Cl)(Cl)OCC([N+](=O)[O-])([N+](=O)[O-])[N+](=O)[O-])([N+](=O)[O-])[N+](=O)[O-]. The lowest BCUT2D eigenvalue weighted by Crippen LogP contribution is -2.59. The van der Waals surface area contributed by atoms with Crippen LogP contribution in [0.5, 0.6) is 0 Å². The first-order chi connectivity index (χ1) is 12.1. The van der Waals surface area contributed by atoms with E-state index in [1.807, 2.05) is 0 Å². The Morgan fingerprint density at radius 3 is 0.889 bits per heavy atom. The monoisotopic (exact) mass is 442 g/mol. The summed E-state index contributed by atoms with van der Waals surface area (Å²) in [5.74, 6) is -8.49. The summed E-state index contributed by atoms with van der Waals surface area (Å²) >= 11 is 10.3. The summed E-state index contributed by atoms with van der Waals surface area (Å²) in [6, 6.07) is 0. The maximum absolute atomic E-state index is 10.7. The summed E-state index contributed by atoms with van der Waals surface area (Å²) < 4.78 is 4.60. The van der Waals surface area contributed by atoms with E-state index in [9.17, 15) is 60.7 Å². The highest BCUT2D eigenvalue weighted by molar-refractivity contribution is 6.46. The van der Waals surface area contributed by atoms with Crippen molar-refractivity contribution >= 4 is 23.2 Å². The number of hydrogen-bond donors (Lipinski definition) is 0. The van der Waals surface area contributed by atoms with E-state index in [0.717, 1.165) is 0 Å². The van der Waals surface area contributed by atoms with Gasteiger partial charge < -0.3 is 9.47 Å². The molecular formula is C5H4Cl2N6O14. The van der Waals surface area contributed by atoms with E-state index < -0.39 is 59.0 Å². The molecule has 152 valence electrons. The Balaban J connectivity index is 5.56. The van der Waals surface area contributed by atoms with Crippen molar-refractivity contribution in [1.29, 1.82) is 0 Å². The van der Waals surface area contributed by atoms with Gasteiger partial charge >= 0.3 is 16.3 Å². The van der Waals surface area contributed by atoms with Crippen LogP contribution in [0.4, 0.5) is 0 Å². The molecule has 0 spiro atoms. The average Bonchev–Trinajstić information content (AvgIpc) is 2.45. The van der Waals surface area contributed by atoms with Crippen LogP contribution in [0.1, 0.15) is 0 Å². The molecule has 0 N–H and O–H groups in total. The average molecular weight is 443 g/mol. The summed E-state index contributed by atoms with van der Waals surface area (Å²) in [6.45, 7) is -4.26. The van der Waals surface area contributed by atoms with Gasteiger partial charge in [0.1, 0.15) is 0 Å². The number of nitro groups is 6. The first-order valence-corrected chi connectivity index (χ1v) is 6.36. The fraction of sp³-hybridized carbons (Fsp3) is 1.00. The van der Waals surface area contributed by atoms with Crippen molar-refractivity contribution < 1.29 is 39.0 Å². The topological polar surface area (TPSA) is 277 Å². The van der Waals surface area contributed by atoms with Crippen LogP contribution in [0.2, 0.25) is 0 Å².